The van der Waals surface area contributed by atoms with Crippen LogP contribution in [0, 0.1) is 17.4 Å². The Morgan fingerprint density at radius 1 is 1.14 bits per heavy atom. The van der Waals surface area contributed by atoms with Gasteiger partial charge in [0.25, 0.3) is 0 Å². The molecule has 274 valence electrons. The second-order valence-corrected chi connectivity index (χ2v) is 21.4. The maximum absolute atomic E-state index is 6.77. The van der Waals surface area contributed by atoms with E-state index in [0.29, 0.717) is 12.6 Å². The molecule has 13 heteroatoms. The van der Waals surface area contributed by atoms with Crippen molar-refractivity contribution in [2.45, 2.75) is 124 Å². The second kappa shape index (κ2) is 15.6. The van der Waals surface area contributed by atoms with Gasteiger partial charge >= 0.3 is 0 Å². The molecule has 4 aromatic heterocycles. The van der Waals surface area contributed by atoms with Gasteiger partial charge in [-0.25, -0.2) is 14.3 Å². The van der Waals surface area contributed by atoms with Crippen molar-refractivity contribution in [3.63, 3.8) is 0 Å². The quantitative estimate of drug-likeness (QED) is 0.0928. The van der Waals surface area contributed by atoms with Crippen LogP contribution < -0.4 is 4.74 Å². The number of nitrogens with zero attached hydrogens (tertiary/aromatic N) is 8. The van der Waals surface area contributed by atoms with Crippen LogP contribution in [0.25, 0.3) is 28.2 Å². The van der Waals surface area contributed by atoms with E-state index in [4.69, 9.17) is 34.2 Å². The molecule has 2 atom stereocenters. The van der Waals surface area contributed by atoms with Crippen LogP contribution in [-0.4, -0.2) is 79.4 Å². The lowest BCUT2D eigenvalue weighted by molar-refractivity contribution is -0.0370. The Morgan fingerprint density at radius 2 is 1.88 bits per heavy atom. The van der Waals surface area contributed by atoms with Gasteiger partial charge in [0, 0.05) is 49.9 Å². The number of hydrogen-bond donors (Lipinski definition) is 0. The molecule has 0 saturated carbocycles. The Bertz CT molecular complexity index is 1800. The smallest absolute Gasteiger partial charge is 0.220 e. The van der Waals surface area contributed by atoms with Gasteiger partial charge in [-0.05, 0) is 107 Å². The van der Waals surface area contributed by atoms with Crippen molar-refractivity contribution >= 4 is 48.0 Å². The molecule has 0 radical (unpaired) electrons. The van der Waals surface area contributed by atoms with Gasteiger partial charge in [-0.3, -0.25) is 9.58 Å². The zero-order valence-corrected chi connectivity index (χ0v) is 35.2. The normalized spacial score (nSPS) is 16.6. The van der Waals surface area contributed by atoms with Crippen LogP contribution in [0.15, 0.2) is 18.8 Å². The van der Waals surface area contributed by atoms with Crippen molar-refractivity contribution in [2.75, 3.05) is 19.8 Å². The van der Waals surface area contributed by atoms with E-state index in [1.54, 1.807) is 6.08 Å². The molecule has 1 fully saturated rings. The van der Waals surface area contributed by atoms with Gasteiger partial charge in [0.15, 0.2) is 20.2 Å². The van der Waals surface area contributed by atoms with Gasteiger partial charge in [0.1, 0.15) is 6.10 Å². The topological polar surface area (TPSA) is 97.3 Å². The van der Waals surface area contributed by atoms with Gasteiger partial charge in [-0.15, -0.1) is 0 Å². The highest BCUT2D eigenvalue weighted by Gasteiger charge is 2.37. The zero-order valence-electron chi connectivity index (χ0n) is 32.0. The molecule has 0 aromatic carbocycles. The molecule has 0 aliphatic carbocycles. The Kier molecular flexibility index (Phi) is 12.0. The molecule has 5 rings (SSSR count). The molecule has 1 unspecified atom stereocenters. The summed E-state index contributed by atoms with van der Waals surface area (Å²) in [6.45, 7) is 29.8. The van der Waals surface area contributed by atoms with E-state index in [2.05, 4.69) is 106 Å². The van der Waals surface area contributed by atoms with Crippen LogP contribution in [0.2, 0.25) is 18.1 Å². The zero-order chi connectivity index (χ0) is 36.5. The highest BCUT2D eigenvalue weighted by Crippen LogP contribution is 2.38. The molecule has 1 aliphatic rings. The first-order chi connectivity index (χ1) is 23.5. The number of ether oxygens (including phenoxy) is 2. The summed E-state index contributed by atoms with van der Waals surface area (Å²) in [4.78, 5) is 7.37. The number of aromatic nitrogens is 7. The third-order valence-electron chi connectivity index (χ3n) is 10.3. The first-order valence-corrected chi connectivity index (χ1v) is 21.9. The van der Waals surface area contributed by atoms with Crippen molar-refractivity contribution in [1.29, 1.82) is 0 Å². The lowest BCUT2D eigenvalue weighted by Crippen LogP contribution is -2.41. The molecule has 4 aromatic rings. The lowest BCUT2D eigenvalue weighted by atomic mass is 10.1. The van der Waals surface area contributed by atoms with E-state index in [1.165, 1.54) is 9.26 Å². The third-order valence-corrected chi connectivity index (χ3v) is 16.2. The van der Waals surface area contributed by atoms with Crippen molar-refractivity contribution < 1.29 is 13.9 Å². The van der Waals surface area contributed by atoms with E-state index in [-0.39, 0.29) is 17.4 Å². The summed E-state index contributed by atoms with van der Waals surface area (Å²) in [6.07, 6.45) is 6.59. The van der Waals surface area contributed by atoms with Crippen LogP contribution in [0.5, 0.6) is 5.88 Å². The summed E-state index contributed by atoms with van der Waals surface area (Å²) >= 11 is 2.45. The number of pyridine rings is 1. The lowest BCUT2D eigenvalue weighted by Gasteiger charge is -2.36. The van der Waals surface area contributed by atoms with Crippen LogP contribution in [-0.2, 0) is 29.3 Å². The maximum Gasteiger partial charge on any atom is 0.220 e. The average molecular weight is 817 g/mol. The Balaban J connectivity index is 1.35. The molecule has 50 heavy (non-hydrogen) atoms. The summed E-state index contributed by atoms with van der Waals surface area (Å²) < 4.78 is 26.5. The number of halogens is 1. The van der Waals surface area contributed by atoms with Crippen molar-refractivity contribution in [3.05, 3.63) is 45.2 Å². The Labute approximate surface area is 313 Å². The molecule has 0 N–H and O–H groups in total. The van der Waals surface area contributed by atoms with Crippen LogP contribution in [0.1, 0.15) is 89.8 Å². The molecule has 0 bridgehead atoms. The minimum Gasteiger partial charge on any atom is -0.473 e. The molecule has 0 amide bonds. The fourth-order valence-electron chi connectivity index (χ4n) is 6.31. The molecule has 0 spiro atoms. The van der Waals surface area contributed by atoms with Crippen molar-refractivity contribution in [1.82, 2.24) is 39.2 Å². The summed E-state index contributed by atoms with van der Waals surface area (Å²) in [5.41, 5.74) is 6.63. The standard InChI is InChI=1S/C37H57IN8O3Si/c1-13-30-29-20-28(21-39-35(29)46(42-30)32-16-14-15-18-47-32)33-26(5)40-43(10)36(33)49-25(4)22-44(24(2)3)23-31-34(38)27(6)41-45(31)17-19-48-50(11,12)37(7,8)9/h13,20-21,24-25,32H,1,14-19,22-23H2,2-12H3/t25-,32?/m0/s1. The van der Waals surface area contributed by atoms with E-state index in [9.17, 15) is 0 Å². The van der Waals surface area contributed by atoms with Gasteiger partial charge in [-0.2, -0.15) is 15.3 Å². The largest absolute Gasteiger partial charge is 0.473 e. The van der Waals surface area contributed by atoms with Crippen molar-refractivity contribution in [2.24, 2.45) is 7.05 Å². The van der Waals surface area contributed by atoms with Gasteiger partial charge in [0.2, 0.25) is 5.88 Å². The first kappa shape index (κ1) is 38.6. The molecular weight excluding hydrogens is 759 g/mol. The minimum atomic E-state index is -1.84. The molecule has 1 aliphatic heterocycles. The SMILES string of the molecule is C=Cc1nn(C2CCCCO2)c2ncc(-c3c(C)nn(C)c3O[C@@H](C)CN(Cc3c(I)c(C)nn3CCO[Si](C)(C)C(C)(C)C)C(C)C)cc12. The number of aryl methyl sites for hydroxylation is 3. The second-order valence-electron chi connectivity index (χ2n) is 15.5. The minimum absolute atomic E-state index is 0.108. The Morgan fingerprint density at radius 3 is 2.52 bits per heavy atom. The van der Waals surface area contributed by atoms with Gasteiger partial charge in [0.05, 0.1) is 45.1 Å². The fourth-order valence-corrected chi connectivity index (χ4v) is 7.90. The molecule has 11 nitrogen and oxygen atoms in total. The predicted octanol–water partition coefficient (Wildman–Crippen LogP) is 8.29. The van der Waals surface area contributed by atoms with E-state index < -0.39 is 8.32 Å². The average Bonchev–Trinajstić information content (AvgIpc) is 3.65. The highest BCUT2D eigenvalue weighted by atomic mass is 127. The maximum atomic E-state index is 6.77. The summed E-state index contributed by atoms with van der Waals surface area (Å²) in [6, 6.07) is 2.43. The van der Waals surface area contributed by atoms with Gasteiger partial charge < -0.3 is 13.9 Å². The fraction of sp³-hybridized carbons (Fsp3) is 0.622. The van der Waals surface area contributed by atoms with E-state index >= 15 is 0 Å². The highest BCUT2D eigenvalue weighted by molar-refractivity contribution is 14.1. The van der Waals surface area contributed by atoms with Crippen LogP contribution >= 0.6 is 22.6 Å². The van der Waals surface area contributed by atoms with E-state index in [0.717, 1.165) is 90.6 Å². The predicted molar refractivity (Wildman–Crippen MR) is 212 cm³/mol. The van der Waals surface area contributed by atoms with E-state index in [1.807, 2.05) is 29.5 Å². The summed E-state index contributed by atoms with van der Waals surface area (Å²) in [5, 5.41) is 15.7. The Hall–Kier alpha value is -2.59. The monoisotopic (exact) mass is 816 g/mol. The van der Waals surface area contributed by atoms with Crippen molar-refractivity contribution in [3.8, 4) is 17.0 Å². The van der Waals surface area contributed by atoms with Gasteiger partial charge in [-0.1, -0.05) is 27.4 Å². The first-order valence-electron chi connectivity index (χ1n) is 17.9. The van der Waals surface area contributed by atoms with Crippen LogP contribution in [0.4, 0.5) is 0 Å². The van der Waals surface area contributed by atoms with Crippen LogP contribution in [0.3, 0.4) is 0 Å². The number of rotatable bonds is 14. The molecule has 1 saturated heterocycles. The summed E-state index contributed by atoms with van der Waals surface area (Å²) in [7, 11) is 0.0948. The summed E-state index contributed by atoms with van der Waals surface area (Å²) in [5.74, 6) is 0.723. The number of fused-ring (bicyclic) bond motifs is 1. The molecular formula is C37H57IN8O3Si. The number of hydrogen-bond acceptors (Lipinski definition) is 8. The third kappa shape index (κ3) is 8.21. The molecule has 5 heterocycles.